The summed E-state index contributed by atoms with van der Waals surface area (Å²) in [5, 5.41) is 11.1. The number of hydrogen-bond donors (Lipinski definition) is 3. The van der Waals surface area contributed by atoms with E-state index in [4.69, 9.17) is 20.4 Å². The Balaban J connectivity index is 1.42. The molecule has 2 amide bonds. The van der Waals surface area contributed by atoms with Crippen LogP contribution in [0.1, 0.15) is 26.2 Å². The predicted molar refractivity (Wildman–Crippen MR) is 127 cm³/mol. The number of anilines is 2. The Morgan fingerprint density at radius 2 is 1.94 bits per heavy atom. The number of morpholine rings is 1. The zero-order chi connectivity index (χ0) is 22.8. The zero-order valence-corrected chi connectivity index (χ0v) is 18.8. The minimum Gasteiger partial charge on any atom is -0.371 e. The number of nitrogens with two attached hydrogens (primary N) is 1. The maximum Gasteiger partial charge on any atom is 0.319 e. The van der Waals surface area contributed by atoms with E-state index < -0.39 is 0 Å². The first-order chi connectivity index (χ1) is 16.1. The molecule has 0 spiro atoms. The normalized spacial score (nSPS) is 19.8. The minimum absolute atomic E-state index is 0.245. The molecule has 2 aliphatic rings. The molecule has 2 fully saturated rings. The molecule has 2 atom stereocenters. The molecule has 2 bridgehead atoms. The van der Waals surface area contributed by atoms with Gasteiger partial charge in [-0.05, 0) is 57.0 Å². The molecule has 174 valence electrons. The van der Waals surface area contributed by atoms with Crippen molar-refractivity contribution in [3.8, 4) is 11.4 Å². The number of ether oxygens (including phenoxy) is 1. The zero-order valence-electron chi connectivity index (χ0n) is 18.8. The molecule has 0 saturated carbocycles. The molecule has 10 nitrogen and oxygen atoms in total. The number of urea groups is 1. The summed E-state index contributed by atoms with van der Waals surface area (Å²) in [7, 11) is 0. The van der Waals surface area contributed by atoms with E-state index in [0.29, 0.717) is 24.6 Å². The third-order valence-corrected chi connectivity index (χ3v) is 6.19. The van der Waals surface area contributed by atoms with Crippen LogP contribution in [0.4, 0.5) is 16.3 Å². The highest BCUT2D eigenvalue weighted by atomic mass is 16.5. The van der Waals surface area contributed by atoms with Gasteiger partial charge in [0.15, 0.2) is 11.5 Å². The second-order valence-corrected chi connectivity index (χ2v) is 8.53. The molecule has 10 heteroatoms. The van der Waals surface area contributed by atoms with Crippen molar-refractivity contribution >= 4 is 28.6 Å². The summed E-state index contributed by atoms with van der Waals surface area (Å²) in [6, 6.07) is 7.32. The number of rotatable bonds is 7. The maximum absolute atomic E-state index is 12.0. The van der Waals surface area contributed by atoms with Gasteiger partial charge < -0.3 is 26.0 Å². The average Bonchev–Trinajstić information content (AvgIpc) is 3.40. The van der Waals surface area contributed by atoms with Crippen LogP contribution in [0.15, 0.2) is 30.5 Å². The number of benzene rings is 1. The van der Waals surface area contributed by atoms with Gasteiger partial charge in [-0.2, -0.15) is 5.10 Å². The molecule has 1 aromatic carbocycles. The first kappa shape index (κ1) is 21.6. The number of aryl methyl sites for hydroxylation is 1. The van der Waals surface area contributed by atoms with Crippen LogP contribution in [0, 0.1) is 0 Å². The lowest BCUT2D eigenvalue weighted by molar-refractivity contribution is 0.0303. The monoisotopic (exact) mass is 450 g/mol. The molecule has 4 N–H and O–H groups in total. The number of nitrogens with one attached hydrogen (secondary N) is 2. The number of amides is 2. The van der Waals surface area contributed by atoms with Crippen LogP contribution in [-0.2, 0) is 11.3 Å². The predicted octanol–water partition coefficient (Wildman–Crippen LogP) is 2.35. The molecule has 2 unspecified atom stereocenters. The Labute approximate surface area is 192 Å². The molecule has 2 saturated heterocycles. The van der Waals surface area contributed by atoms with Gasteiger partial charge in [-0.3, -0.25) is 0 Å². The Hall–Kier alpha value is -3.24. The van der Waals surface area contributed by atoms with Crippen molar-refractivity contribution in [2.45, 2.75) is 44.9 Å². The Kier molecular flexibility index (Phi) is 6.10. The van der Waals surface area contributed by atoms with Gasteiger partial charge in [-0.15, -0.1) is 0 Å². The topological polar surface area (TPSA) is 123 Å². The van der Waals surface area contributed by atoms with Crippen molar-refractivity contribution in [1.29, 1.82) is 0 Å². The van der Waals surface area contributed by atoms with Gasteiger partial charge in [0.25, 0.3) is 0 Å². The van der Waals surface area contributed by atoms with Crippen molar-refractivity contribution in [2.24, 2.45) is 5.73 Å². The van der Waals surface area contributed by atoms with Crippen LogP contribution in [0.2, 0.25) is 0 Å². The summed E-state index contributed by atoms with van der Waals surface area (Å²) < 4.78 is 7.93. The van der Waals surface area contributed by atoms with Crippen LogP contribution >= 0.6 is 0 Å². The summed E-state index contributed by atoms with van der Waals surface area (Å²) >= 11 is 0. The third kappa shape index (κ3) is 4.49. The number of nitrogens with zero attached hydrogens (tertiary/aromatic N) is 5. The molecular formula is C23H30N8O2. The van der Waals surface area contributed by atoms with E-state index in [1.807, 2.05) is 35.1 Å². The summed E-state index contributed by atoms with van der Waals surface area (Å²) in [6.07, 6.45) is 5.34. The lowest BCUT2D eigenvalue weighted by Gasteiger charge is -2.33. The van der Waals surface area contributed by atoms with Crippen molar-refractivity contribution in [3.05, 3.63) is 30.5 Å². The SMILES string of the molecule is CCn1ncc2c(N3CC4CCC(C3)O4)nc(-c3ccc(NC(=O)NCCCN)cc3)nc21. The fourth-order valence-corrected chi connectivity index (χ4v) is 4.51. The third-order valence-electron chi connectivity index (χ3n) is 6.19. The Morgan fingerprint density at radius 1 is 1.18 bits per heavy atom. The molecule has 0 aliphatic carbocycles. The number of carbonyl (C=O) groups is 1. The van der Waals surface area contributed by atoms with Crippen LogP contribution in [-0.4, -0.2) is 64.2 Å². The van der Waals surface area contributed by atoms with Crippen molar-refractivity contribution in [2.75, 3.05) is 36.4 Å². The van der Waals surface area contributed by atoms with E-state index in [9.17, 15) is 4.79 Å². The standard InChI is InChI=1S/C23H30N8O2/c1-2-31-22-19(12-26-31)21(30-13-17-8-9-18(14-30)33-17)28-20(29-22)15-4-6-16(7-5-15)27-23(32)25-11-3-10-24/h4-7,12,17-18H,2-3,8-11,13-14,24H2,1H3,(H2,25,27,32). The number of fused-ring (bicyclic) bond motifs is 3. The quantitative estimate of drug-likeness (QED) is 0.472. The molecule has 2 aliphatic heterocycles. The van der Waals surface area contributed by atoms with E-state index in [-0.39, 0.29) is 18.2 Å². The lowest BCUT2D eigenvalue weighted by Crippen LogP contribution is -2.43. The number of carbonyl (C=O) groups excluding carboxylic acids is 1. The van der Waals surface area contributed by atoms with E-state index in [0.717, 1.165) is 61.3 Å². The Morgan fingerprint density at radius 3 is 2.64 bits per heavy atom. The van der Waals surface area contributed by atoms with Crippen molar-refractivity contribution < 1.29 is 9.53 Å². The largest absolute Gasteiger partial charge is 0.371 e. The lowest BCUT2D eigenvalue weighted by atomic mass is 10.2. The minimum atomic E-state index is -0.245. The van der Waals surface area contributed by atoms with Gasteiger partial charge in [0.1, 0.15) is 5.82 Å². The van der Waals surface area contributed by atoms with Crippen LogP contribution < -0.4 is 21.3 Å². The molecule has 33 heavy (non-hydrogen) atoms. The summed E-state index contributed by atoms with van der Waals surface area (Å²) in [6.45, 7) is 5.55. The highest BCUT2D eigenvalue weighted by molar-refractivity contribution is 5.90. The molecule has 5 rings (SSSR count). The molecule has 4 heterocycles. The summed E-state index contributed by atoms with van der Waals surface area (Å²) in [5.74, 6) is 1.56. The first-order valence-electron chi connectivity index (χ1n) is 11.6. The van der Waals surface area contributed by atoms with Crippen LogP contribution in [0.25, 0.3) is 22.4 Å². The second kappa shape index (κ2) is 9.32. The highest BCUT2D eigenvalue weighted by Gasteiger charge is 2.35. The maximum atomic E-state index is 12.0. The smallest absolute Gasteiger partial charge is 0.319 e. The van der Waals surface area contributed by atoms with Gasteiger partial charge in [0.05, 0.1) is 23.8 Å². The van der Waals surface area contributed by atoms with Crippen molar-refractivity contribution in [1.82, 2.24) is 25.1 Å². The summed E-state index contributed by atoms with van der Waals surface area (Å²) in [5.41, 5.74) is 7.88. The number of hydrogen-bond acceptors (Lipinski definition) is 7. The fraction of sp³-hybridized carbons (Fsp3) is 0.478. The second-order valence-electron chi connectivity index (χ2n) is 8.53. The van der Waals surface area contributed by atoms with E-state index in [1.165, 1.54) is 0 Å². The highest BCUT2D eigenvalue weighted by Crippen LogP contribution is 2.33. The Bertz CT molecular complexity index is 1120. The van der Waals surface area contributed by atoms with Crippen LogP contribution in [0.5, 0.6) is 0 Å². The average molecular weight is 451 g/mol. The first-order valence-corrected chi connectivity index (χ1v) is 11.6. The number of aromatic nitrogens is 4. The molecule has 0 radical (unpaired) electrons. The van der Waals surface area contributed by atoms with Gasteiger partial charge in [0, 0.05) is 37.4 Å². The van der Waals surface area contributed by atoms with E-state index in [2.05, 4.69) is 27.6 Å². The van der Waals surface area contributed by atoms with Crippen molar-refractivity contribution in [3.63, 3.8) is 0 Å². The molecular weight excluding hydrogens is 420 g/mol. The van der Waals surface area contributed by atoms with E-state index >= 15 is 0 Å². The summed E-state index contributed by atoms with van der Waals surface area (Å²) in [4.78, 5) is 24.1. The van der Waals surface area contributed by atoms with E-state index in [1.54, 1.807) is 0 Å². The van der Waals surface area contributed by atoms with Gasteiger partial charge in [-0.25, -0.2) is 19.4 Å². The van der Waals surface area contributed by atoms with Gasteiger partial charge in [-0.1, -0.05) is 0 Å². The van der Waals surface area contributed by atoms with Crippen LogP contribution in [0.3, 0.4) is 0 Å². The molecule has 3 aromatic rings. The van der Waals surface area contributed by atoms with Gasteiger partial charge in [0.2, 0.25) is 0 Å². The molecule has 2 aromatic heterocycles. The fourth-order valence-electron chi connectivity index (χ4n) is 4.51. The van der Waals surface area contributed by atoms with Gasteiger partial charge >= 0.3 is 6.03 Å².